The number of carbonyl (C=O) groups is 1. The van der Waals surface area contributed by atoms with Crippen molar-refractivity contribution in [3.05, 3.63) is 18.2 Å². The zero-order valence-corrected chi connectivity index (χ0v) is 12.6. The largest absolute Gasteiger partial charge is 0.349 e. The van der Waals surface area contributed by atoms with Crippen LogP contribution < -0.4 is 5.32 Å². The number of imidazole rings is 1. The molecule has 1 N–H and O–H groups in total. The van der Waals surface area contributed by atoms with Gasteiger partial charge in [0.15, 0.2) is 0 Å². The van der Waals surface area contributed by atoms with Crippen LogP contribution in [0.3, 0.4) is 0 Å². The summed E-state index contributed by atoms with van der Waals surface area (Å²) in [6.45, 7) is 0.730. The molecule has 2 rings (SSSR count). The molecule has 1 atom stereocenters. The van der Waals surface area contributed by atoms with E-state index in [4.69, 9.17) is 0 Å². The third-order valence-electron chi connectivity index (χ3n) is 3.38. The van der Waals surface area contributed by atoms with Crippen molar-refractivity contribution in [2.24, 2.45) is 7.05 Å². The van der Waals surface area contributed by atoms with Gasteiger partial charge >= 0.3 is 0 Å². The van der Waals surface area contributed by atoms with E-state index in [0.29, 0.717) is 19.5 Å². The van der Waals surface area contributed by atoms with Gasteiger partial charge in [-0.15, -0.1) is 0 Å². The summed E-state index contributed by atoms with van der Waals surface area (Å²) in [4.78, 5) is 16.3. The Morgan fingerprint density at radius 2 is 2.25 bits per heavy atom. The van der Waals surface area contributed by atoms with Crippen molar-refractivity contribution < 1.29 is 13.2 Å². The molecule has 0 aromatic carbocycles. The summed E-state index contributed by atoms with van der Waals surface area (Å²) >= 11 is 0. The lowest BCUT2D eigenvalue weighted by Crippen LogP contribution is -2.51. The summed E-state index contributed by atoms with van der Waals surface area (Å²) in [6, 6.07) is -0.595. The van der Waals surface area contributed by atoms with Crippen molar-refractivity contribution in [2.45, 2.75) is 31.8 Å². The molecule has 20 heavy (non-hydrogen) atoms. The SMILES string of the molecule is Cn1cnc(CNC(=O)C2CCCCN2S(C)(=O)=O)c1. The summed E-state index contributed by atoms with van der Waals surface area (Å²) in [5.74, 6) is -0.249. The zero-order chi connectivity index (χ0) is 14.8. The predicted octanol–water partition coefficient (Wildman–Crippen LogP) is -0.150. The van der Waals surface area contributed by atoms with E-state index in [1.54, 1.807) is 10.9 Å². The molecule has 8 heteroatoms. The van der Waals surface area contributed by atoms with Crippen LogP contribution in [0.1, 0.15) is 25.0 Å². The molecular weight excluding hydrogens is 280 g/mol. The second-order valence-electron chi connectivity index (χ2n) is 5.13. The molecule has 1 saturated heterocycles. The molecule has 112 valence electrons. The number of aryl methyl sites for hydroxylation is 1. The topological polar surface area (TPSA) is 84.3 Å². The van der Waals surface area contributed by atoms with Crippen molar-refractivity contribution in [1.82, 2.24) is 19.2 Å². The normalized spacial score (nSPS) is 20.8. The van der Waals surface area contributed by atoms with Crippen LogP contribution in [0.5, 0.6) is 0 Å². The molecular formula is C12H20N4O3S. The smallest absolute Gasteiger partial charge is 0.238 e. The molecule has 7 nitrogen and oxygen atoms in total. The fourth-order valence-corrected chi connectivity index (χ4v) is 3.54. The second-order valence-corrected chi connectivity index (χ2v) is 7.07. The minimum Gasteiger partial charge on any atom is -0.349 e. The van der Waals surface area contributed by atoms with Crippen LogP contribution in [-0.4, -0.2) is 47.0 Å². The Morgan fingerprint density at radius 1 is 1.50 bits per heavy atom. The Balaban J connectivity index is 1.99. The van der Waals surface area contributed by atoms with E-state index in [0.717, 1.165) is 24.8 Å². The van der Waals surface area contributed by atoms with E-state index in [1.165, 1.54) is 4.31 Å². The number of sulfonamides is 1. The van der Waals surface area contributed by atoms with E-state index in [1.807, 2.05) is 13.2 Å². The van der Waals surface area contributed by atoms with Crippen molar-refractivity contribution in [2.75, 3.05) is 12.8 Å². The first kappa shape index (κ1) is 15.0. The van der Waals surface area contributed by atoms with Crippen molar-refractivity contribution in [3.63, 3.8) is 0 Å². The molecule has 0 saturated carbocycles. The van der Waals surface area contributed by atoms with Crippen LogP contribution in [-0.2, 0) is 28.4 Å². The highest BCUT2D eigenvalue weighted by molar-refractivity contribution is 7.88. The van der Waals surface area contributed by atoms with Crippen molar-refractivity contribution in [1.29, 1.82) is 0 Å². The van der Waals surface area contributed by atoms with Crippen molar-refractivity contribution in [3.8, 4) is 0 Å². The standard InChI is InChI=1S/C12H20N4O3S/c1-15-8-10(14-9-15)7-13-12(17)11-5-3-4-6-16(11)20(2,18)19/h8-9,11H,3-7H2,1-2H3,(H,13,17). The summed E-state index contributed by atoms with van der Waals surface area (Å²) < 4.78 is 26.5. The van der Waals surface area contributed by atoms with Crippen molar-refractivity contribution >= 4 is 15.9 Å². The Hall–Kier alpha value is -1.41. The molecule has 1 aliphatic rings. The first-order valence-electron chi connectivity index (χ1n) is 6.59. The average molecular weight is 300 g/mol. The molecule has 0 aliphatic carbocycles. The van der Waals surface area contributed by atoms with E-state index in [9.17, 15) is 13.2 Å². The Kier molecular flexibility index (Phi) is 4.44. The van der Waals surface area contributed by atoms with Gasteiger partial charge in [0.05, 0.1) is 24.8 Å². The van der Waals surface area contributed by atoms with E-state index >= 15 is 0 Å². The second kappa shape index (κ2) is 5.92. The lowest BCUT2D eigenvalue weighted by atomic mass is 10.0. The summed E-state index contributed by atoms with van der Waals surface area (Å²) in [5, 5.41) is 2.76. The third-order valence-corrected chi connectivity index (χ3v) is 4.67. The van der Waals surface area contributed by atoms with E-state index in [-0.39, 0.29) is 5.91 Å². The number of piperidine rings is 1. The maximum absolute atomic E-state index is 12.2. The molecule has 0 bridgehead atoms. The van der Waals surface area contributed by atoms with Crippen LogP contribution in [0.25, 0.3) is 0 Å². The van der Waals surface area contributed by atoms with Gasteiger partial charge in [0.25, 0.3) is 0 Å². The molecule has 1 aromatic rings. The highest BCUT2D eigenvalue weighted by Gasteiger charge is 2.34. The van der Waals surface area contributed by atoms with Gasteiger partial charge in [-0.05, 0) is 12.8 Å². The van der Waals surface area contributed by atoms with Crippen LogP contribution in [0.2, 0.25) is 0 Å². The number of nitrogens with zero attached hydrogens (tertiary/aromatic N) is 3. The Morgan fingerprint density at radius 3 is 2.85 bits per heavy atom. The van der Waals surface area contributed by atoms with Gasteiger partial charge in [-0.3, -0.25) is 4.79 Å². The lowest BCUT2D eigenvalue weighted by molar-refractivity contribution is -0.125. The minimum atomic E-state index is -3.35. The monoisotopic (exact) mass is 300 g/mol. The van der Waals surface area contributed by atoms with Crippen LogP contribution >= 0.6 is 0 Å². The number of amides is 1. The Labute approximate surface area is 119 Å². The van der Waals surface area contributed by atoms with Gasteiger partial charge in [0.2, 0.25) is 15.9 Å². The summed E-state index contributed by atoms with van der Waals surface area (Å²) in [6.07, 6.45) is 6.86. The number of aromatic nitrogens is 2. The first-order chi connectivity index (χ1) is 9.38. The number of rotatable bonds is 4. The predicted molar refractivity (Wildman–Crippen MR) is 74.2 cm³/mol. The summed E-state index contributed by atoms with van der Waals surface area (Å²) in [7, 11) is -1.49. The number of nitrogens with one attached hydrogen (secondary N) is 1. The highest BCUT2D eigenvalue weighted by Crippen LogP contribution is 2.20. The quantitative estimate of drug-likeness (QED) is 0.838. The van der Waals surface area contributed by atoms with Gasteiger partial charge in [0, 0.05) is 19.8 Å². The molecule has 1 unspecified atom stereocenters. The fraction of sp³-hybridized carbons (Fsp3) is 0.667. The molecule has 1 fully saturated rings. The molecule has 1 aliphatic heterocycles. The maximum Gasteiger partial charge on any atom is 0.238 e. The lowest BCUT2D eigenvalue weighted by Gasteiger charge is -2.32. The van der Waals surface area contributed by atoms with E-state index in [2.05, 4.69) is 10.3 Å². The zero-order valence-electron chi connectivity index (χ0n) is 11.7. The van der Waals surface area contributed by atoms with Gasteiger partial charge in [-0.1, -0.05) is 6.42 Å². The van der Waals surface area contributed by atoms with Crippen LogP contribution in [0.15, 0.2) is 12.5 Å². The number of hydrogen-bond acceptors (Lipinski definition) is 4. The van der Waals surface area contributed by atoms with Gasteiger partial charge in [-0.25, -0.2) is 13.4 Å². The number of carbonyl (C=O) groups excluding carboxylic acids is 1. The first-order valence-corrected chi connectivity index (χ1v) is 8.44. The third kappa shape index (κ3) is 3.57. The average Bonchev–Trinajstić information content (AvgIpc) is 2.81. The van der Waals surface area contributed by atoms with Crippen LogP contribution in [0, 0.1) is 0 Å². The molecule has 2 heterocycles. The van der Waals surface area contributed by atoms with Gasteiger partial charge in [-0.2, -0.15) is 4.31 Å². The van der Waals surface area contributed by atoms with Gasteiger partial charge in [0.1, 0.15) is 6.04 Å². The molecule has 1 amide bonds. The Bertz CT molecular complexity index is 581. The van der Waals surface area contributed by atoms with E-state index < -0.39 is 16.1 Å². The van der Waals surface area contributed by atoms with Gasteiger partial charge < -0.3 is 9.88 Å². The fourth-order valence-electron chi connectivity index (χ4n) is 2.42. The summed E-state index contributed by atoms with van der Waals surface area (Å²) in [5.41, 5.74) is 0.752. The number of hydrogen-bond donors (Lipinski definition) is 1. The molecule has 0 radical (unpaired) electrons. The maximum atomic E-state index is 12.2. The minimum absolute atomic E-state index is 0.249. The highest BCUT2D eigenvalue weighted by atomic mass is 32.2. The molecule has 1 aromatic heterocycles. The van der Waals surface area contributed by atoms with Crippen LogP contribution in [0.4, 0.5) is 0 Å². The molecule has 0 spiro atoms.